The highest BCUT2D eigenvalue weighted by Gasteiger charge is 2.21. The molecule has 0 spiro atoms. The van der Waals surface area contributed by atoms with Crippen molar-refractivity contribution in [3.8, 4) is 6.07 Å². The maximum absolute atomic E-state index is 9.04. The molecule has 16 heavy (non-hydrogen) atoms. The molecule has 0 amide bonds. The van der Waals surface area contributed by atoms with Gasteiger partial charge in [0.25, 0.3) is 0 Å². The average molecular weight is 236 g/mol. The lowest BCUT2D eigenvalue weighted by atomic mass is 10.1. The number of hydrogen-bond acceptors (Lipinski definition) is 3. The van der Waals surface area contributed by atoms with Crippen molar-refractivity contribution in [2.45, 2.75) is 12.6 Å². The molecule has 84 valence electrons. The molecule has 0 aromatic heterocycles. The lowest BCUT2D eigenvalue weighted by molar-refractivity contribution is 0.189. The van der Waals surface area contributed by atoms with Crippen LogP contribution in [0.4, 0.5) is 0 Å². The summed E-state index contributed by atoms with van der Waals surface area (Å²) in [5.41, 5.74) is 1.16. The smallest absolute Gasteiger partial charge is 0.111 e. The molecule has 1 heterocycles. The van der Waals surface area contributed by atoms with Crippen LogP contribution in [0.15, 0.2) is 24.3 Å². The Hall–Kier alpha value is -1.08. The third kappa shape index (κ3) is 2.73. The van der Waals surface area contributed by atoms with Crippen LogP contribution in [0.25, 0.3) is 0 Å². The van der Waals surface area contributed by atoms with Gasteiger partial charge in [-0.2, -0.15) is 5.26 Å². The highest BCUT2D eigenvalue weighted by atomic mass is 35.5. The normalized spacial score (nSPS) is 21.6. The van der Waals surface area contributed by atoms with Gasteiger partial charge in [-0.05, 0) is 17.7 Å². The first-order chi connectivity index (χ1) is 7.79. The molecule has 1 aromatic rings. The largest absolute Gasteiger partial charge is 0.313 e. The Kier molecular flexibility index (Phi) is 3.79. The summed E-state index contributed by atoms with van der Waals surface area (Å²) in [6, 6.07) is 10.1. The molecular formula is C12H14ClN3. The molecule has 4 heteroatoms. The van der Waals surface area contributed by atoms with Crippen molar-refractivity contribution < 1.29 is 0 Å². The maximum Gasteiger partial charge on any atom is 0.111 e. The summed E-state index contributed by atoms with van der Waals surface area (Å²) in [5, 5.41) is 13.0. The van der Waals surface area contributed by atoms with Crippen molar-refractivity contribution in [1.82, 2.24) is 10.2 Å². The predicted octanol–water partition coefficient (Wildman–Crippen LogP) is 1.64. The van der Waals surface area contributed by atoms with Gasteiger partial charge in [-0.15, -0.1) is 0 Å². The molecule has 0 radical (unpaired) electrons. The molecule has 1 aromatic carbocycles. The minimum absolute atomic E-state index is 0.0345. The second-order valence-electron chi connectivity index (χ2n) is 3.95. The molecule has 1 fully saturated rings. The van der Waals surface area contributed by atoms with Crippen LogP contribution in [-0.4, -0.2) is 30.6 Å². The van der Waals surface area contributed by atoms with E-state index in [9.17, 15) is 0 Å². The quantitative estimate of drug-likeness (QED) is 0.847. The fourth-order valence-electron chi connectivity index (χ4n) is 1.93. The third-order valence-corrected chi connectivity index (χ3v) is 3.01. The van der Waals surface area contributed by atoms with Crippen molar-refractivity contribution in [2.24, 2.45) is 0 Å². The van der Waals surface area contributed by atoms with Gasteiger partial charge in [0.05, 0.1) is 6.07 Å². The van der Waals surface area contributed by atoms with E-state index >= 15 is 0 Å². The first-order valence-corrected chi connectivity index (χ1v) is 5.76. The lowest BCUT2D eigenvalue weighted by Crippen LogP contribution is -2.49. The van der Waals surface area contributed by atoms with Crippen molar-refractivity contribution in [3.05, 3.63) is 34.9 Å². The minimum Gasteiger partial charge on any atom is -0.313 e. The molecule has 1 saturated heterocycles. The topological polar surface area (TPSA) is 39.1 Å². The second kappa shape index (κ2) is 5.31. The van der Waals surface area contributed by atoms with Crippen molar-refractivity contribution in [3.63, 3.8) is 0 Å². The molecule has 0 aliphatic carbocycles. The Morgan fingerprint density at radius 2 is 2.44 bits per heavy atom. The highest BCUT2D eigenvalue weighted by Crippen LogP contribution is 2.14. The van der Waals surface area contributed by atoms with Gasteiger partial charge in [0.2, 0.25) is 0 Å². The Morgan fingerprint density at radius 1 is 1.56 bits per heavy atom. The van der Waals surface area contributed by atoms with E-state index in [2.05, 4.69) is 16.3 Å². The maximum atomic E-state index is 9.04. The van der Waals surface area contributed by atoms with E-state index in [1.165, 1.54) is 0 Å². The van der Waals surface area contributed by atoms with Gasteiger partial charge in [-0.1, -0.05) is 23.7 Å². The Labute approximate surface area is 101 Å². The van der Waals surface area contributed by atoms with Crippen LogP contribution in [0.1, 0.15) is 5.56 Å². The molecule has 0 saturated carbocycles. The lowest BCUT2D eigenvalue weighted by Gasteiger charge is -2.31. The van der Waals surface area contributed by atoms with Gasteiger partial charge >= 0.3 is 0 Å². The van der Waals surface area contributed by atoms with Crippen LogP contribution >= 0.6 is 11.6 Å². The van der Waals surface area contributed by atoms with E-state index in [0.717, 1.165) is 36.8 Å². The zero-order valence-corrected chi connectivity index (χ0v) is 9.74. The van der Waals surface area contributed by atoms with Gasteiger partial charge in [0.1, 0.15) is 6.04 Å². The molecule has 1 unspecified atom stereocenters. The Morgan fingerprint density at radius 3 is 3.19 bits per heavy atom. The first kappa shape index (κ1) is 11.4. The standard InChI is InChI=1S/C12H14ClN3/c13-11-3-1-2-10(6-11)9-16-5-4-15-8-12(16)7-14/h1-3,6,12,15H,4-5,8-9H2. The van der Waals surface area contributed by atoms with Crippen molar-refractivity contribution in [2.75, 3.05) is 19.6 Å². The third-order valence-electron chi connectivity index (χ3n) is 2.78. The molecule has 2 rings (SSSR count). The van der Waals surface area contributed by atoms with Gasteiger partial charge in [-0.3, -0.25) is 4.90 Å². The van der Waals surface area contributed by atoms with E-state index in [1.807, 2.05) is 24.3 Å². The van der Waals surface area contributed by atoms with E-state index < -0.39 is 0 Å². The van der Waals surface area contributed by atoms with Crippen LogP contribution in [-0.2, 0) is 6.54 Å². The van der Waals surface area contributed by atoms with Crippen LogP contribution in [0.3, 0.4) is 0 Å². The molecule has 1 aliphatic rings. The van der Waals surface area contributed by atoms with Crippen molar-refractivity contribution >= 4 is 11.6 Å². The zero-order valence-electron chi connectivity index (χ0n) is 8.99. The number of nitrogens with zero attached hydrogens (tertiary/aromatic N) is 2. The number of halogens is 1. The van der Waals surface area contributed by atoms with Gasteiger partial charge in [-0.25, -0.2) is 0 Å². The summed E-state index contributed by atoms with van der Waals surface area (Å²) >= 11 is 5.94. The molecule has 1 atom stereocenters. The van der Waals surface area contributed by atoms with Crippen LogP contribution < -0.4 is 5.32 Å². The molecule has 0 bridgehead atoms. The number of hydrogen-bond donors (Lipinski definition) is 1. The van der Waals surface area contributed by atoms with Gasteiger partial charge < -0.3 is 5.32 Å². The Bertz CT molecular complexity index is 399. The minimum atomic E-state index is -0.0345. The van der Waals surface area contributed by atoms with E-state index in [-0.39, 0.29) is 6.04 Å². The molecule has 1 aliphatic heterocycles. The monoisotopic (exact) mass is 235 g/mol. The SMILES string of the molecule is N#CC1CNCCN1Cc1cccc(Cl)c1. The average Bonchev–Trinajstić information content (AvgIpc) is 2.30. The summed E-state index contributed by atoms with van der Waals surface area (Å²) in [6.07, 6.45) is 0. The zero-order chi connectivity index (χ0) is 11.4. The van der Waals surface area contributed by atoms with Crippen LogP contribution in [0.5, 0.6) is 0 Å². The number of nitrogens with one attached hydrogen (secondary N) is 1. The summed E-state index contributed by atoms with van der Waals surface area (Å²) in [6.45, 7) is 3.39. The van der Waals surface area contributed by atoms with E-state index in [0.29, 0.717) is 0 Å². The summed E-state index contributed by atoms with van der Waals surface area (Å²) in [4.78, 5) is 2.18. The number of piperazine rings is 1. The highest BCUT2D eigenvalue weighted by molar-refractivity contribution is 6.30. The van der Waals surface area contributed by atoms with Gasteiger partial charge in [0.15, 0.2) is 0 Å². The summed E-state index contributed by atoms with van der Waals surface area (Å²) in [5.74, 6) is 0. The van der Waals surface area contributed by atoms with Crippen molar-refractivity contribution in [1.29, 1.82) is 5.26 Å². The fraction of sp³-hybridized carbons (Fsp3) is 0.417. The van der Waals surface area contributed by atoms with Crippen LogP contribution in [0.2, 0.25) is 5.02 Å². The second-order valence-corrected chi connectivity index (χ2v) is 4.39. The van der Waals surface area contributed by atoms with Gasteiger partial charge in [0, 0.05) is 31.2 Å². The molecule has 1 N–H and O–H groups in total. The summed E-state index contributed by atoms with van der Waals surface area (Å²) < 4.78 is 0. The number of rotatable bonds is 2. The van der Waals surface area contributed by atoms with Crippen LogP contribution in [0, 0.1) is 11.3 Å². The van der Waals surface area contributed by atoms with E-state index in [4.69, 9.17) is 16.9 Å². The number of benzene rings is 1. The number of nitriles is 1. The van der Waals surface area contributed by atoms with E-state index in [1.54, 1.807) is 0 Å². The summed E-state index contributed by atoms with van der Waals surface area (Å²) in [7, 11) is 0. The molecule has 3 nitrogen and oxygen atoms in total. The fourth-order valence-corrected chi connectivity index (χ4v) is 2.15. The molecular weight excluding hydrogens is 222 g/mol. The Balaban J connectivity index is 2.05. The predicted molar refractivity (Wildman–Crippen MR) is 64.1 cm³/mol. The first-order valence-electron chi connectivity index (χ1n) is 5.38.